The molecule has 0 aliphatic carbocycles. The van der Waals surface area contributed by atoms with Crippen LogP contribution >= 0.6 is 12.4 Å². The molecule has 0 saturated carbocycles. The number of hydrogen-bond donors (Lipinski definition) is 1. The molecule has 0 bridgehead atoms. The summed E-state index contributed by atoms with van der Waals surface area (Å²) in [5.41, 5.74) is 3.86. The molecule has 3 aromatic carbocycles. The van der Waals surface area contributed by atoms with Gasteiger partial charge in [0.2, 0.25) is 0 Å². The molecule has 3 nitrogen and oxygen atoms in total. The molecular weight excluding hydrogens is 394 g/mol. The van der Waals surface area contributed by atoms with E-state index in [9.17, 15) is 0 Å². The van der Waals surface area contributed by atoms with E-state index in [1.807, 2.05) is 12.1 Å². The molecule has 0 fully saturated rings. The van der Waals surface area contributed by atoms with Crippen LogP contribution in [-0.4, -0.2) is 19.8 Å². The molecule has 3 rings (SSSR count). The van der Waals surface area contributed by atoms with E-state index in [2.05, 4.69) is 79.0 Å². The van der Waals surface area contributed by atoms with Gasteiger partial charge in [-0.05, 0) is 48.6 Å². The van der Waals surface area contributed by atoms with Crippen LogP contribution in [0.3, 0.4) is 0 Å². The average Bonchev–Trinajstić information content (AvgIpc) is 2.78. The zero-order chi connectivity index (χ0) is 20.3. The van der Waals surface area contributed by atoms with Gasteiger partial charge in [-0.3, -0.25) is 0 Å². The number of hydrogen-bond acceptors (Lipinski definition) is 3. The Morgan fingerprint density at radius 2 is 1.40 bits per heavy atom. The van der Waals surface area contributed by atoms with Crippen LogP contribution in [-0.2, 0) is 19.4 Å². The van der Waals surface area contributed by atoms with E-state index in [4.69, 9.17) is 9.47 Å². The van der Waals surface area contributed by atoms with Crippen LogP contribution in [0.25, 0.3) is 0 Å². The Bertz CT molecular complexity index is 855. The molecular formula is C26H32ClNO2. The molecule has 160 valence electrons. The number of aryl methyl sites for hydroxylation is 1. The number of rotatable bonds is 11. The molecule has 4 heteroatoms. The van der Waals surface area contributed by atoms with E-state index < -0.39 is 0 Å². The highest BCUT2D eigenvalue weighted by atomic mass is 35.5. The molecule has 0 aliphatic heterocycles. The molecule has 1 N–H and O–H groups in total. The van der Waals surface area contributed by atoms with Gasteiger partial charge in [0.05, 0.1) is 13.7 Å². The van der Waals surface area contributed by atoms with Crippen molar-refractivity contribution in [1.29, 1.82) is 0 Å². The second-order valence-electron chi connectivity index (χ2n) is 7.38. The third-order valence-electron chi connectivity index (χ3n) is 5.08. The van der Waals surface area contributed by atoms with Crippen molar-refractivity contribution in [2.45, 2.75) is 38.8 Å². The molecule has 0 saturated heterocycles. The smallest absolute Gasteiger partial charge is 0.161 e. The fraction of sp³-hybridized carbons (Fsp3) is 0.308. The molecule has 0 amide bonds. The van der Waals surface area contributed by atoms with Gasteiger partial charge in [0, 0.05) is 19.0 Å². The van der Waals surface area contributed by atoms with Gasteiger partial charge in [-0.1, -0.05) is 66.7 Å². The maximum Gasteiger partial charge on any atom is 0.161 e. The molecule has 1 atom stereocenters. The van der Waals surface area contributed by atoms with Gasteiger partial charge in [-0.15, -0.1) is 12.4 Å². The lowest BCUT2D eigenvalue weighted by Crippen LogP contribution is -2.26. The lowest BCUT2D eigenvalue weighted by Gasteiger charge is -2.16. The van der Waals surface area contributed by atoms with Crippen molar-refractivity contribution in [2.24, 2.45) is 0 Å². The van der Waals surface area contributed by atoms with E-state index >= 15 is 0 Å². The Kier molecular flexibility index (Phi) is 10.3. The second-order valence-corrected chi connectivity index (χ2v) is 7.38. The normalized spacial score (nSPS) is 11.4. The van der Waals surface area contributed by atoms with E-state index in [1.54, 1.807) is 7.11 Å². The monoisotopic (exact) mass is 425 g/mol. The Labute approximate surface area is 186 Å². The first-order valence-corrected chi connectivity index (χ1v) is 10.4. The maximum atomic E-state index is 5.95. The minimum atomic E-state index is 0. The van der Waals surface area contributed by atoms with Crippen molar-refractivity contribution in [3.63, 3.8) is 0 Å². The van der Waals surface area contributed by atoms with Crippen LogP contribution in [0.4, 0.5) is 0 Å². The Hall–Kier alpha value is -2.49. The van der Waals surface area contributed by atoms with Crippen molar-refractivity contribution in [3.05, 3.63) is 95.6 Å². The summed E-state index contributed by atoms with van der Waals surface area (Å²) < 4.78 is 11.5. The van der Waals surface area contributed by atoms with E-state index in [0.717, 1.165) is 37.3 Å². The molecule has 3 aromatic rings. The summed E-state index contributed by atoms with van der Waals surface area (Å²) in [7, 11) is 1.69. The predicted molar refractivity (Wildman–Crippen MR) is 127 cm³/mol. The van der Waals surface area contributed by atoms with E-state index in [1.165, 1.54) is 16.7 Å². The summed E-state index contributed by atoms with van der Waals surface area (Å²) in [5, 5.41) is 3.61. The Morgan fingerprint density at radius 3 is 2.03 bits per heavy atom. The van der Waals surface area contributed by atoms with Crippen LogP contribution in [0.15, 0.2) is 78.9 Å². The van der Waals surface area contributed by atoms with Gasteiger partial charge in [-0.2, -0.15) is 0 Å². The highest BCUT2D eigenvalue weighted by Gasteiger charge is 2.08. The summed E-state index contributed by atoms with van der Waals surface area (Å²) in [6.07, 6.45) is 3.08. The van der Waals surface area contributed by atoms with Crippen LogP contribution < -0.4 is 14.8 Å². The molecule has 0 spiro atoms. The molecule has 0 radical (unpaired) electrons. The minimum absolute atomic E-state index is 0. The lowest BCUT2D eigenvalue weighted by molar-refractivity contribution is 0.297. The van der Waals surface area contributed by atoms with E-state index in [0.29, 0.717) is 12.6 Å². The number of methoxy groups -OCH3 is 1. The van der Waals surface area contributed by atoms with Crippen LogP contribution in [0, 0.1) is 0 Å². The van der Waals surface area contributed by atoms with Crippen LogP contribution in [0.5, 0.6) is 11.5 Å². The van der Waals surface area contributed by atoms with Gasteiger partial charge in [0.25, 0.3) is 0 Å². The standard InChI is InChI=1S/C26H31NO2.ClH/c1-21(13-14-22-9-5-3-6-10-22)27-20-24-15-16-25(26(19-24)28-2)29-18-17-23-11-7-4-8-12-23;/h3-12,15-16,19,21,27H,13-14,17-18,20H2,1-2H3;1H. The number of ether oxygens (including phenoxy) is 2. The quantitative estimate of drug-likeness (QED) is 0.418. The summed E-state index contributed by atoms with van der Waals surface area (Å²) in [5.74, 6) is 1.58. The van der Waals surface area contributed by atoms with Crippen molar-refractivity contribution in [1.82, 2.24) is 5.32 Å². The van der Waals surface area contributed by atoms with Crippen molar-refractivity contribution in [2.75, 3.05) is 13.7 Å². The first-order chi connectivity index (χ1) is 14.2. The van der Waals surface area contributed by atoms with Crippen LogP contribution in [0.1, 0.15) is 30.0 Å². The third kappa shape index (κ3) is 7.74. The van der Waals surface area contributed by atoms with Crippen LogP contribution in [0.2, 0.25) is 0 Å². The fourth-order valence-corrected chi connectivity index (χ4v) is 3.29. The lowest BCUT2D eigenvalue weighted by atomic mass is 10.1. The number of halogens is 1. The molecule has 1 unspecified atom stereocenters. The van der Waals surface area contributed by atoms with Crippen molar-refractivity contribution < 1.29 is 9.47 Å². The predicted octanol–water partition coefficient (Wildman–Crippen LogP) is 5.85. The van der Waals surface area contributed by atoms with Gasteiger partial charge < -0.3 is 14.8 Å². The third-order valence-corrected chi connectivity index (χ3v) is 5.08. The molecule has 0 aromatic heterocycles. The zero-order valence-corrected chi connectivity index (χ0v) is 18.7. The summed E-state index contributed by atoms with van der Waals surface area (Å²) in [6.45, 7) is 3.69. The van der Waals surface area contributed by atoms with Gasteiger partial charge in [0.1, 0.15) is 0 Å². The zero-order valence-electron chi connectivity index (χ0n) is 17.8. The topological polar surface area (TPSA) is 30.5 Å². The highest BCUT2D eigenvalue weighted by Crippen LogP contribution is 2.28. The Morgan fingerprint density at radius 1 is 0.767 bits per heavy atom. The van der Waals surface area contributed by atoms with Crippen molar-refractivity contribution >= 4 is 12.4 Å². The number of benzene rings is 3. The second kappa shape index (κ2) is 12.9. The summed E-state index contributed by atoms with van der Waals surface area (Å²) >= 11 is 0. The van der Waals surface area contributed by atoms with Gasteiger partial charge in [0.15, 0.2) is 11.5 Å². The van der Waals surface area contributed by atoms with Gasteiger partial charge in [-0.25, -0.2) is 0 Å². The summed E-state index contributed by atoms with van der Waals surface area (Å²) in [4.78, 5) is 0. The molecule has 0 heterocycles. The van der Waals surface area contributed by atoms with E-state index in [-0.39, 0.29) is 12.4 Å². The fourth-order valence-electron chi connectivity index (χ4n) is 3.29. The first-order valence-electron chi connectivity index (χ1n) is 10.4. The molecule has 0 aliphatic rings. The summed E-state index contributed by atoms with van der Waals surface area (Å²) in [6, 6.07) is 27.6. The maximum absolute atomic E-state index is 5.95. The number of nitrogens with one attached hydrogen (secondary N) is 1. The first kappa shape index (κ1) is 23.8. The SMILES string of the molecule is COc1cc(CNC(C)CCc2ccccc2)ccc1OCCc1ccccc1.Cl. The highest BCUT2D eigenvalue weighted by molar-refractivity contribution is 5.85. The van der Waals surface area contributed by atoms with Gasteiger partial charge >= 0.3 is 0 Å². The Balaban J connectivity index is 0.00000320. The average molecular weight is 426 g/mol. The largest absolute Gasteiger partial charge is 0.493 e. The minimum Gasteiger partial charge on any atom is -0.493 e. The molecule has 30 heavy (non-hydrogen) atoms. The van der Waals surface area contributed by atoms with Crippen molar-refractivity contribution in [3.8, 4) is 11.5 Å².